The summed E-state index contributed by atoms with van der Waals surface area (Å²) in [6, 6.07) is 4.98. The van der Waals surface area contributed by atoms with E-state index in [4.69, 9.17) is 0 Å². The van der Waals surface area contributed by atoms with Crippen LogP contribution < -0.4 is 10.6 Å². The number of aliphatic imine (C=N–C) groups is 1. The molecule has 1 aromatic carbocycles. The summed E-state index contributed by atoms with van der Waals surface area (Å²) in [7, 11) is 4.00. The summed E-state index contributed by atoms with van der Waals surface area (Å²) in [4.78, 5) is 6.68. The van der Waals surface area contributed by atoms with Gasteiger partial charge in [0.05, 0.1) is 0 Å². The standard InChI is InChI=1S/C19H31FN4/c1-15-14-18(20)5-4-17(15)7-11-23-19(21-2)22-10-6-16-8-12-24(3)13-9-16/h4-5,14,16H,6-13H2,1-3H3,(H2,21,22,23). The maximum Gasteiger partial charge on any atom is 0.190 e. The zero-order valence-corrected chi connectivity index (χ0v) is 15.2. The van der Waals surface area contributed by atoms with Crippen molar-refractivity contribution in [1.29, 1.82) is 0 Å². The second kappa shape index (κ2) is 9.62. The highest BCUT2D eigenvalue weighted by molar-refractivity contribution is 5.79. The highest BCUT2D eigenvalue weighted by Crippen LogP contribution is 2.18. The molecule has 0 radical (unpaired) electrons. The summed E-state index contributed by atoms with van der Waals surface area (Å²) in [6.45, 7) is 6.14. The van der Waals surface area contributed by atoms with E-state index in [1.165, 1.54) is 44.0 Å². The Balaban J connectivity index is 1.65. The van der Waals surface area contributed by atoms with Crippen LogP contribution in [-0.4, -0.2) is 51.1 Å². The number of nitrogens with zero attached hydrogens (tertiary/aromatic N) is 2. The van der Waals surface area contributed by atoms with E-state index in [2.05, 4.69) is 27.6 Å². The fourth-order valence-corrected chi connectivity index (χ4v) is 3.22. The van der Waals surface area contributed by atoms with Gasteiger partial charge in [-0.1, -0.05) is 6.07 Å². The topological polar surface area (TPSA) is 39.7 Å². The molecule has 24 heavy (non-hydrogen) atoms. The third-order valence-electron chi connectivity index (χ3n) is 4.90. The van der Waals surface area contributed by atoms with Crippen molar-refractivity contribution in [3.8, 4) is 0 Å². The van der Waals surface area contributed by atoms with E-state index in [0.717, 1.165) is 37.0 Å². The Labute approximate surface area is 145 Å². The molecule has 1 aromatic rings. The number of piperidine rings is 1. The first-order valence-corrected chi connectivity index (χ1v) is 8.96. The molecule has 4 nitrogen and oxygen atoms in total. The van der Waals surface area contributed by atoms with E-state index in [9.17, 15) is 4.39 Å². The van der Waals surface area contributed by atoms with Crippen LogP contribution in [0, 0.1) is 18.7 Å². The Bertz CT molecular complexity index is 536. The molecule has 0 bridgehead atoms. The lowest BCUT2D eigenvalue weighted by molar-refractivity contribution is 0.213. The van der Waals surface area contributed by atoms with Crippen LogP contribution in [0.3, 0.4) is 0 Å². The normalized spacial score (nSPS) is 17.1. The number of benzene rings is 1. The Kier molecular flexibility index (Phi) is 7.50. The van der Waals surface area contributed by atoms with Gasteiger partial charge in [-0.25, -0.2) is 4.39 Å². The van der Waals surface area contributed by atoms with E-state index in [1.807, 2.05) is 13.0 Å². The maximum absolute atomic E-state index is 13.1. The minimum atomic E-state index is -0.171. The van der Waals surface area contributed by atoms with E-state index < -0.39 is 0 Å². The predicted octanol–water partition coefficient (Wildman–Crippen LogP) is 2.57. The first-order valence-electron chi connectivity index (χ1n) is 8.96. The summed E-state index contributed by atoms with van der Waals surface area (Å²) in [5, 5.41) is 6.74. The summed E-state index contributed by atoms with van der Waals surface area (Å²) >= 11 is 0. The second-order valence-corrected chi connectivity index (χ2v) is 6.78. The van der Waals surface area contributed by atoms with Gasteiger partial charge >= 0.3 is 0 Å². The average molecular weight is 334 g/mol. The van der Waals surface area contributed by atoms with Crippen LogP contribution in [0.4, 0.5) is 4.39 Å². The lowest BCUT2D eigenvalue weighted by atomic mass is 9.94. The quantitative estimate of drug-likeness (QED) is 0.620. The Morgan fingerprint density at radius 2 is 1.96 bits per heavy atom. The van der Waals surface area contributed by atoms with Crippen LogP contribution in [0.15, 0.2) is 23.2 Å². The molecule has 5 heteroatoms. The summed E-state index contributed by atoms with van der Waals surface area (Å²) in [5.74, 6) is 1.51. The molecule has 134 valence electrons. The van der Waals surface area contributed by atoms with Crippen molar-refractivity contribution in [2.75, 3.05) is 40.3 Å². The second-order valence-electron chi connectivity index (χ2n) is 6.78. The lowest BCUT2D eigenvalue weighted by Gasteiger charge is -2.29. The zero-order chi connectivity index (χ0) is 17.4. The molecular weight excluding hydrogens is 303 g/mol. The van der Waals surface area contributed by atoms with Gasteiger partial charge in [-0.2, -0.15) is 0 Å². The van der Waals surface area contributed by atoms with Crippen LogP contribution in [0.5, 0.6) is 0 Å². The van der Waals surface area contributed by atoms with Crippen LogP contribution in [0.25, 0.3) is 0 Å². The Morgan fingerprint density at radius 3 is 2.62 bits per heavy atom. The smallest absolute Gasteiger partial charge is 0.190 e. The molecule has 1 heterocycles. The molecule has 1 aliphatic heterocycles. The third kappa shape index (κ3) is 6.11. The Hall–Kier alpha value is -1.62. The third-order valence-corrected chi connectivity index (χ3v) is 4.90. The van der Waals surface area contributed by atoms with Crippen LogP contribution in [0.1, 0.15) is 30.4 Å². The van der Waals surface area contributed by atoms with Gasteiger partial charge in [-0.15, -0.1) is 0 Å². The van der Waals surface area contributed by atoms with Gasteiger partial charge in [-0.05, 0) is 81.9 Å². The molecule has 0 spiro atoms. The van der Waals surface area contributed by atoms with Gasteiger partial charge in [0.2, 0.25) is 0 Å². The van der Waals surface area contributed by atoms with Gasteiger partial charge in [0.15, 0.2) is 5.96 Å². The number of halogens is 1. The molecule has 1 aliphatic rings. The first kappa shape index (κ1) is 18.7. The van der Waals surface area contributed by atoms with Gasteiger partial charge in [0, 0.05) is 20.1 Å². The van der Waals surface area contributed by atoms with E-state index in [0.29, 0.717) is 0 Å². The molecule has 1 saturated heterocycles. The number of rotatable bonds is 6. The predicted molar refractivity (Wildman–Crippen MR) is 99.0 cm³/mol. The van der Waals surface area contributed by atoms with Crippen LogP contribution in [-0.2, 0) is 6.42 Å². The molecule has 0 aliphatic carbocycles. The van der Waals surface area contributed by atoms with Crippen LogP contribution in [0.2, 0.25) is 0 Å². The van der Waals surface area contributed by atoms with Gasteiger partial charge in [0.1, 0.15) is 5.82 Å². The molecule has 2 N–H and O–H groups in total. The van der Waals surface area contributed by atoms with Crippen molar-refractivity contribution in [2.24, 2.45) is 10.9 Å². The fourth-order valence-electron chi connectivity index (χ4n) is 3.22. The highest BCUT2D eigenvalue weighted by Gasteiger charge is 2.16. The molecule has 0 amide bonds. The summed E-state index contributed by atoms with van der Waals surface area (Å²) < 4.78 is 13.1. The molecule has 1 fully saturated rings. The van der Waals surface area contributed by atoms with E-state index in [-0.39, 0.29) is 5.82 Å². The lowest BCUT2D eigenvalue weighted by Crippen LogP contribution is -2.40. The van der Waals surface area contributed by atoms with Crippen LogP contribution >= 0.6 is 0 Å². The molecule has 0 saturated carbocycles. The molecular formula is C19H31FN4. The molecule has 0 atom stereocenters. The maximum atomic E-state index is 13.1. The summed E-state index contributed by atoms with van der Waals surface area (Å²) in [5.41, 5.74) is 2.17. The van der Waals surface area contributed by atoms with Crippen molar-refractivity contribution in [1.82, 2.24) is 15.5 Å². The van der Waals surface area contributed by atoms with Crippen molar-refractivity contribution in [3.63, 3.8) is 0 Å². The van der Waals surface area contributed by atoms with E-state index in [1.54, 1.807) is 13.1 Å². The monoisotopic (exact) mass is 334 g/mol. The Morgan fingerprint density at radius 1 is 1.25 bits per heavy atom. The fraction of sp³-hybridized carbons (Fsp3) is 0.632. The molecule has 0 unspecified atom stereocenters. The number of hydrogen-bond donors (Lipinski definition) is 2. The highest BCUT2D eigenvalue weighted by atomic mass is 19.1. The number of nitrogens with one attached hydrogen (secondary N) is 2. The number of aryl methyl sites for hydroxylation is 1. The zero-order valence-electron chi connectivity index (χ0n) is 15.2. The average Bonchev–Trinajstić information content (AvgIpc) is 2.57. The van der Waals surface area contributed by atoms with Crippen molar-refractivity contribution in [3.05, 3.63) is 35.1 Å². The van der Waals surface area contributed by atoms with Crippen molar-refractivity contribution < 1.29 is 4.39 Å². The number of likely N-dealkylation sites (tertiary alicyclic amines) is 1. The number of guanidine groups is 1. The van der Waals surface area contributed by atoms with Gasteiger partial charge in [-0.3, -0.25) is 4.99 Å². The van der Waals surface area contributed by atoms with Crippen molar-refractivity contribution in [2.45, 2.75) is 32.6 Å². The minimum Gasteiger partial charge on any atom is -0.356 e. The van der Waals surface area contributed by atoms with Gasteiger partial charge < -0.3 is 15.5 Å². The summed E-state index contributed by atoms with van der Waals surface area (Å²) in [6.07, 6.45) is 4.66. The molecule has 0 aromatic heterocycles. The largest absolute Gasteiger partial charge is 0.356 e. The molecule has 2 rings (SSSR count). The number of hydrogen-bond acceptors (Lipinski definition) is 2. The minimum absolute atomic E-state index is 0.171. The first-order chi connectivity index (χ1) is 11.6. The van der Waals surface area contributed by atoms with E-state index >= 15 is 0 Å². The van der Waals surface area contributed by atoms with Crippen molar-refractivity contribution >= 4 is 5.96 Å². The van der Waals surface area contributed by atoms with Gasteiger partial charge in [0.25, 0.3) is 0 Å². The SMILES string of the molecule is CN=C(NCCc1ccc(F)cc1C)NCCC1CCN(C)CC1.